The predicted octanol–water partition coefficient (Wildman–Crippen LogP) is 9.86. The van der Waals surface area contributed by atoms with E-state index in [1.54, 1.807) is 44.6 Å². The van der Waals surface area contributed by atoms with Gasteiger partial charge in [0.1, 0.15) is 35.1 Å². The number of thiazole rings is 2. The van der Waals surface area contributed by atoms with Crippen LogP contribution in [-0.2, 0) is 28.7 Å². The highest BCUT2D eigenvalue weighted by Crippen LogP contribution is 2.37. The molecule has 0 radical (unpaired) electrons. The molecule has 4 aromatic heterocycles. The van der Waals surface area contributed by atoms with E-state index in [1.807, 2.05) is 156 Å². The van der Waals surface area contributed by atoms with Crippen LogP contribution in [0.4, 0.5) is 9.59 Å². The normalized spacial score (nSPS) is 19.8. The van der Waals surface area contributed by atoms with Gasteiger partial charge in [-0.1, -0.05) is 76.2 Å². The Hall–Kier alpha value is -7.94. The van der Waals surface area contributed by atoms with Crippen LogP contribution in [0.1, 0.15) is 154 Å². The minimum atomic E-state index is -0.828. The fraction of sp³-hybridized carbons (Fsp3) is 0.559. The summed E-state index contributed by atoms with van der Waals surface area (Å²) < 4.78 is 33.6. The Morgan fingerprint density at radius 3 is 1.22 bits per heavy atom. The molecule has 6 amide bonds. The zero-order chi connectivity index (χ0) is 68.1. The van der Waals surface area contributed by atoms with Gasteiger partial charge < -0.3 is 68.4 Å². The zero-order valence-corrected chi connectivity index (χ0v) is 57.7. The maximum atomic E-state index is 14.0. The molecule has 508 valence electrons. The summed E-state index contributed by atoms with van der Waals surface area (Å²) in [6.07, 6.45) is -2.05. The minimum Gasteiger partial charge on any atom is -0.475 e. The van der Waals surface area contributed by atoms with Crippen molar-refractivity contribution in [1.82, 2.24) is 50.5 Å². The highest BCUT2D eigenvalue weighted by atomic mass is 32.1. The molecule has 8 heterocycles. The van der Waals surface area contributed by atoms with Crippen LogP contribution >= 0.6 is 22.7 Å². The van der Waals surface area contributed by atoms with Gasteiger partial charge in [-0.2, -0.15) is 0 Å². The van der Waals surface area contributed by atoms with E-state index >= 15 is 0 Å². The van der Waals surface area contributed by atoms with Crippen molar-refractivity contribution in [3.05, 3.63) is 106 Å². The Labute approximate surface area is 557 Å². The Balaban J connectivity index is 0.000000221. The Bertz CT molecular complexity index is 3350. The molecular weight excluding hydrogens is 1240 g/mol. The number of rotatable bonds is 20. The molecule has 8 atom stereocenters. The molecule has 4 fully saturated rings. The number of hydrogen-bond donors (Lipinski definition) is 4. The molecule has 4 N–H and O–H groups in total. The second-order valence-corrected chi connectivity index (χ2v) is 29.4. The van der Waals surface area contributed by atoms with Gasteiger partial charge in [0.2, 0.25) is 23.6 Å². The summed E-state index contributed by atoms with van der Waals surface area (Å²) in [5.74, 6) is -1.71. The summed E-state index contributed by atoms with van der Waals surface area (Å²) in [6.45, 7) is 29.1. The van der Waals surface area contributed by atoms with E-state index in [4.69, 9.17) is 28.0 Å². The summed E-state index contributed by atoms with van der Waals surface area (Å²) in [5, 5.41) is 35.2. The highest BCUT2D eigenvalue weighted by Gasteiger charge is 2.46. The lowest BCUT2D eigenvalue weighted by atomic mass is 9.91. The van der Waals surface area contributed by atoms with Crippen molar-refractivity contribution in [2.45, 2.75) is 169 Å². The number of aliphatic hydroxyl groups is 2. The molecular formula is C68H90N10O14S2. The molecule has 26 heteroatoms. The molecule has 0 aliphatic carbocycles. The van der Waals surface area contributed by atoms with Crippen molar-refractivity contribution in [2.75, 3.05) is 52.5 Å². The maximum absolute atomic E-state index is 14.0. The van der Waals surface area contributed by atoms with Crippen LogP contribution in [0.15, 0.2) is 80.7 Å². The monoisotopic (exact) mass is 1330 g/mol. The number of nitrogens with one attached hydrogen (secondary N) is 2. The van der Waals surface area contributed by atoms with E-state index < -0.39 is 47.3 Å². The van der Waals surface area contributed by atoms with Gasteiger partial charge >= 0.3 is 12.2 Å². The number of aromatic nitrogens is 4. The van der Waals surface area contributed by atoms with Gasteiger partial charge in [0.15, 0.2) is 11.5 Å². The third-order valence-corrected chi connectivity index (χ3v) is 18.9. The van der Waals surface area contributed by atoms with E-state index in [9.17, 15) is 39.0 Å². The number of β-amino-alcohol motifs (C(OH)–C–C–N with tert-alkyl or cyclic N) is 2. The number of ether oxygens (including phenoxy) is 4. The first-order chi connectivity index (χ1) is 44.4. The number of benzene rings is 2. The average molecular weight is 1340 g/mol. The molecule has 0 saturated carbocycles. The smallest absolute Gasteiger partial charge is 0.410 e. The van der Waals surface area contributed by atoms with Crippen LogP contribution in [-0.4, -0.2) is 174 Å². The highest BCUT2D eigenvalue weighted by molar-refractivity contribution is 7.13. The third kappa shape index (κ3) is 17.5. The number of aryl methyl sites for hydroxylation is 2. The van der Waals surface area contributed by atoms with Gasteiger partial charge in [-0.25, -0.2) is 19.6 Å². The van der Waals surface area contributed by atoms with Crippen molar-refractivity contribution in [3.63, 3.8) is 0 Å². The number of hydrogen-bond acceptors (Lipinski definition) is 20. The molecule has 2 aromatic carbocycles. The summed E-state index contributed by atoms with van der Waals surface area (Å²) in [5.41, 5.74) is 8.48. The van der Waals surface area contributed by atoms with Crippen LogP contribution in [0.25, 0.3) is 20.9 Å². The van der Waals surface area contributed by atoms with E-state index in [0.717, 1.165) is 43.4 Å². The van der Waals surface area contributed by atoms with Crippen molar-refractivity contribution < 1.29 is 67.0 Å². The fourth-order valence-electron chi connectivity index (χ4n) is 11.9. The molecule has 4 aliphatic heterocycles. The Morgan fingerprint density at radius 2 is 0.915 bits per heavy atom. The minimum absolute atomic E-state index is 0.0464. The lowest BCUT2D eigenvalue weighted by Crippen LogP contribution is -2.53. The first-order valence-corrected chi connectivity index (χ1v) is 33.9. The fourth-order valence-corrected chi connectivity index (χ4v) is 13.5. The van der Waals surface area contributed by atoms with Gasteiger partial charge in [0.05, 0.1) is 69.7 Å². The molecule has 6 aromatic rings. The lowest BCUT2D eigenvalue weighted by Gasteiger charge is -2.39. The van der Waals surface area contributed by atoms with Crippen molar-refractivity contribution in [2.24, 2.45) is 23.7 Å². The molecule has 24 nitrogen and oxygen atoms in total. The number of nitrogens with zero attached hydrogens (tertiary/aromatic N) is 8. The van der Waals surface area contributed by atoms with Gasteiger partial charge in [0.25, 0.3) is 11.8 Å². The topological polar surface area (TPSA) is 295 Å². The van der Waals surface area contributed by atoms with Crippen LogP contribution in [0.5, 0.6) is 11.8 Å². The number of amides is 6. The van der Waals surface area contributed by atoms with Crippen molar-refractivity contribution in [3.8, 4) is 32.6 Å². The standard InChI is InChI=1S/2C34H45N5O7S/c2*1-19(2)29(27-13-28(37-46-27)44-17-22-14-38(15-22)33(43)45-34(5,6)7)32(42)39-16-25(40)12-26(39)31(41)36-20(3)23-8-10-24(11-9-23)30-21(4)35-18-47-30/h2*8-11,13,18-20,22,25-26,29,40H,12,14-17H2,1-7H3,(H,36,41)/t2*20-,25+,26-,29+/m00/s1. The molecule has 4 aliphatic rings. The van der Waals surface area contributed by atoms with E-state index in [2.05, 4.69) is 30.9 Å². The van der Waals surface area contributed by atoms with E-state index in [0.29, 0.717) is 50.9 Å². The predicted molar refractivity (Wildman–Crippen MR) is 352 cm³/mol. The summed E-state index contributed by atoms with van der Waals surface area (Å²) in [4.78, 5) is 96.4. The lowest BCUT2D eigenvalue weighted by molar-refractivity contribution is -0.141. The first-order valence-electron chi connectivity index (χ1n) is 32.1. The quantitative estimate of drug-likeness (QED) is 0.0552. The second-order valence-electron chi connectivity index (χ2n) is 27.7. The van der Waals surface area contributed by atoms with E-state index in [-0.39, 0.29) is 109 Å². The van der Waals surface area contributed by atoms with Crippen molar-refractivity contribution in [1.29, 1.82) is 0 Å². The molecule has 10 rings (SSSR count). The van der Waals surface area contributed by atoms with Crippen LogP contribution in [0.3, 0.4) is 0 Å². The largest absolute Gasteiger partial charge is 0.475 e. The summed E-state index contributed by atoms with van der Waals surface area (Å²) in [7, 11) is 0. The van der Waals surface area contributed by atoms with E-state index in [1.165, 1.54) is 9.80 Å². The van der Waals surface area contributed by atoms with Crippen LogP contribution in [0, 0.1) is 37.5 Å². The van der Waals surface area contributed by atoms with Crippen LogP contribution in [0.2, 0.25) is 0 Å². The van der Waals surface area contributed by atoms with Gasteiger partial charge in [-0.05, 0) is 114 Å². The number of carbonyl (C=O) groups excluding carboxylic acids is 6. The average Bonchev–Trinajstić information content (AvgIpc) is 1.62. The Morgan fingerprint density at radius 1 is 0.564 bits per heavy atom. The van der Waals surface area contributed by atoms with Gasteiger partial charge in [-0.3, -0.25) is 19.2 Å². The first kappa shape index (κ1) is 70.4. The Kier molecular flexibility index (Phi) is 22.3. The number of carbonyl (C=O) groups is 6. The summed E-state index contributed by atoms with van der Waals surface area (Å²) >= 11 is 3.17. The van der Waals surface area contributed by atoms with Crippen molar-refractivity contribution >= 4 is 58.5 Å². The van der Waals surface area contributed by atoms with Crippen LogP contribution < -0.4 is 20.1 Å². The molecule has 0 bridgehead atoms. The second kappa shape index (κ2) is 29.8. The van der Waals surface area contributed by atoms with Gasteiger partial charge in [-0.15, -0.1) is 22.7 Å². The molecule has 0 unspecified atom stereocenters. The molecule has 4 saturated heterocycles. The summed E-state index contributed by atoms with van der Waals surface area (Å²) in [6, 6.07) is 16.9. The van der Waals surface area contributed by atoms with Gasteiger partial charge in [0, 0.05) is 76.1 Å². The SMILES string of the molecule is Cc1ncsc1-c1ccc([C@H](C)NC(=O)[C@@H]2C[C@@H](O)CN2C(=O)[C@@H](c2cc(OCC3CN(C(=O)OC(C)(C)C)C3)no2)C(C)C)cc1.Cc1ncsc1-c1ccc([C@H](C)NC(=O)[C@@H]2C[C@@H](O)CN2C(=O)[C@@H](c2cc(OCC3CN(C(=O)OC(C)(C)C)C3)no2)C(C)C)cc1. The number of aliphatic hydroxyl groups excluding tert-OH is 2. The zero-order valence-electron chi connectivity index (χ0n) is 56.1. The maximum Gasteiger partial charge on any atom is 0.410 e. The molecule has 0 spiro atoms. The molecule has 94 heavy (non-hydrogen) atoms. The number of likely N-dealkylation sites (tertiary alicyclic amines) is 4. The third-order valence-electron chi connectivity index (χ3n) is 16.9.